The summed E-state index contributed by atoms with van der Waals surface area (Å²) in [5.74, 6) is 0.118. The number of phenolic OH excluding ortho intramolecular Hbond substituents is 1. The van der Waals surface area contributed by atoms with Gasteiger partial charge in [0.1, 0.15) is 5.75 Å². The summed E-state index contributed by atoms with van der Waals surface area (Å²) in [6.07, 6.45) is 0. The lowest BCUT2D eigenvalue weighted by Crippen LogP contribution is -2.09. The highest BCUT2D eigenvalue weighted by atomic mass is 32.2. The van der Waals surface area contributed by atoms with Crippen molar-refractivity contribution in [1.82, 2.24) is 0 Å². The van der Waals surface area contributed by atoms with Crippen molar-refractivity contribution in [1.29, 1.82) is 0 Å². The highest BCUT2D eigenvalue weighted by Gasteiger charge is 2.29. The second-order valence-electron chi connectivity index (χ2n) is 3.64. The number of aromatic hydroxyl groups is 1. The van der Waals surface area contributed by atoms with Gasteiger partial charge in [-0.3, -0.25) is 9.59 Å². The van der Waals surface area contributed by atoms with Gasteiger partial charge < -0.3 is 10.4 Å². The molecule has 0 aliphatic carbocycles. The number of ketones is 1. The molecule has 1 fully saturated rings. The largest absolute Gasteiger partial charge is 0.506 e. The molecule has 0 atom stereocenters. The van der Waals surface area contributed by atoms with Crippen LogP contribution in [0.3, 0.4) is 0 Å². The van der Waals surface area contributed by atoms with Crippen LogP contribution >= 0.6 is 11.8 Å². The summed E-state index contributed by atoms with van der Waals surface area (Å²) in [5, 5.41) is 12.2. The van der Waals surface area contributed by atoms with Crippen LogP contribution in [0.1, 0.15) is 6.92 Å². The molecule has 1 aliphatic heterocycles. The molecular weight excluding hydrogens is 238 g/mol. The van der Waals surface area contributed by atoms with Gasteiger partial charge in [-0.05, 0) is 19.1 Å². The minimum atomic E-state index is -0.213. The Morgan fingerprint density at radius 1 is 1.35 bits per heavy atom. The lowest BCUT2D eigenvalue weighted by atomic mass is 10.1. The first-order chi connectivity index (χ1) is 8.09. The number of hydrogen-bond donors (Lipinski definition) is 2. The summed E-state index contributed by atoms with van der Waals surface area (Å²) in [6, 6.07) is 6.67. The highest BCUT2D eigenvalue weighted by molar-refractivity contribution is 8.15. The molecule has 0 unspecified atom stereocenters. The second kappa shape index (κ2) is 4.63. The van der Waals surface area contributed by atoms with Gasteiger partial charge in [-0.25, -0.2) is 0 Å². The molecule has 1 aromatic rings. The number of nitrogens with one attached hydrogen (secondary N) is 1. The molecule has 5 heteroatoms. The molecule has 1 aromatic carbocycles. The van der Waals surface area contributed by atoms with Crippen LogP contribution in [0.15, 0.2) is 35.5 Å². The van der Waals surface area contributed by atoms with E-state index in [1.54, 1.807) is 25.1 Å². The predicted molar refractivity (Wildman–Crippen MR) is 66.9 cm³/mol. The Kier molecular flexibility index (Phi) is 3.19. The molecule has 88 valence electrons. The smallest absolute Gasteiger partial charge is 0.225 e. The lowest BCUT2D eigenvalue weighted by molar-refractivity contribution is -0.115. The van der Waals surface area contributed by atoms with E-state index < -0.39 is 0 Å². The zero-order valence-corrected chi connectivity index (χ0v) is 10.0. The SMILES string of the molecule is C/C(Nc1ccccc1O)=C1\C(=O)CSC1=O. The van der Waals surface area contributed by atoms with Gasteiger partial charge in [0.2, 0.25) is 5.12 Å². The highest BCUT2D eigenvalue weighted by Crippen LogP contribution is 2.28. The maximum atomic E-state index is 11.5. The first-order valence-corrected chi connectivity index (χ1v) is 6.04. The van der Waals surface area contributed by atoms with Crippen LogP contribution in [0.5, 0.6) is 5.75 Å². The minimum absolute atomic E-state index is 0.0815. The third-order valence-corrected chi connectivity index (χ3v) is 3.29. The van der Waals surface area contributed by atoms with Crippen molar-refractivity contribution in [3.05, 3.63) is 35.5 Å². The molecule has 1 aliphatic rings. The number of rotatable bonds is 2. The fourth-order valence-electron chi connectivity index (χ4n) is 1.60. The number of thioether (sulfide) groups is 1. The Labute approximate surface area is 103 Å². The third-order valence-electron chi connectivity index (χ3n) is 2.42. The number of phenols is 1. The Bertz CT molecular complexity index is 504. The van der Waals surface area contributed by atoms with Crippen LogP contribution in [0, 0.1) is 0 Å². The van der Waals surface area contributed by atoms with Crippen LogP contribution in [-0.2, 0) is 9.59 Å². The van der Waals surface area contributed by atoms with E-state index in [2.05, 4.69) is 5.32 Å². The standard InChI is InChI=1S/C12H11NO3S/c1-7(11-10(15)6-17-12(11)16)13-8-4-2-3-5-9(8)14/h2-5,13-14H,6H2,1H3/b11-7-. The summed E-state index contributed by atoms with van der Waals surface area (Å²) >= 11 is 1.01. The van der Waals surface area contributed by atoms with Crippen molar-refractivity contribution in [3.8, 4) is 5.75 Å². The van der Waals surface area contributed by atoms with Crippen LogP contribution in [0.25, 0.3) is 0 Å². The molecule has 2 rings (SSSR count). The van der Waals surface area contributed by atoms with Gasteiger partial charge in [-0.15, -0.1) is 0 Å². The molecule has 1 saturated heterocycles. The fourth-order valence-corrected chi connectivity index (χ4v) is 2.41. The molecule has 0 saturated carbocycles. The van der Waals surface area contributed by atoms with Crippen molar-refractivity contribution in [2.24, 2.45) is 0 Å². The molecule has 0 aromatic heterocycles. The first kappa shape index (κ1) is 11.7. The van der Waals surface area contributed by atoms with E-state index in [1.807, 2.05) is 0 Å². The van der Waals surface area contributed by atoms with E-state index in [-0.39, 0.29) is 28.0 Å². The minimum Gasteiger partial charge on any atom is -0.506 e. The van der Waals surface area contributed by atoms with E-state index in [1.165, 1.54) is 6.07 Å². The van der Waals surface area contributed by atoms with Crippen molar-refractivity contribution >= 4 is 28.3 Å². The molecule has 2 N–H and O–H groups in total. The van der Waals surface area contributed by atoms with E-state index in [0.29, 0.717) is 11.4 Å². The Morgan fingerprint density at radius 3 is 2.65 bits per heavy atom. The maximum Gasteiger partial charge on any atom is 0.225 e. The number of anilines is 1. The van der Waals surface area contributed by atoms with Gasteiger partial charge in [0.25, 0.3) is 0 Å². The first-order valence-electron chi connectivity index (χ1n) is 5.06. The molecule has 0 radical (unpaired) electrons. The van der Waals surface area contributed by atoms with Crippen molar-refractivity contribution in [3.63, 3.8) is 0 Å². The quantitative estimate of drug-likeness (QED) is 0.476. The van der Waals surface area contributed by atoms with Crippen LogP contribution in [0.2, 0.25) is 0 Å². The molecule has 4 nitrogen and oxygen atoms in total. The average molecular weight is 249 g/mol. The summed E-state index contributed by atoms with van der Waals surface area (Å²) < 4.78 is 0. The van der Waals surface area contributed by atoms with Gasteiger partial charge in [-0.1, -0.05) is 23.9 Å². The Morgan fingerprint density at radius 2 is 2.06 bits per heavy atom. The molecular formula is C12H11NO3S. The molecule has 1 heterocycles. The van der Waals surface area contributed by atoms with Gasteiger partial charge in [-0.2, -0.15) is 0 Å². The summed E-state index contributed by atoms with van der Waals surface area (Å²) in [5.41, 5.74) is 1.15. The van der Waals surface area contributed by atoms with Crippen LogP contribution in [0.4, 0.5) is 5.69 Å². The van der Waals surface area contributed by atoms with E-state index >= 15 is 0 Å². The fraction of sp³-hybridized carbons (Fsp3) is 0.167. The average Bonchev–Trinajstić information content (AvgIpc) is 2.62. The number of benzene rings is 1. The van der Waals surface area contributed by atoms with Crippen LogP contribution in [-0.4, -0.2) is 21.8 Å². The normalized spacial score (nSPS) is 18.4. The number of hydrogen-bond acceptors (Lipinski definition) is 5. The van der Waals surface area contributed by atoms with Gasteiger partial charge in [0, 0.05) is 5.70 Å². The molecule has 0 amide bonds. The third kappa shape index (κ3) is 2.34. The van der Waals surface area contributed by atoms with Gasteiger partial charge in [0.05, 0.1) is 17.0 Å². The van der Waals surface area contributed by atoms with Crippen molar-refractivity contribution in [2.75, 3.05) is 11.1 Å². The van der Waals surface area contributed by atoms with Crippen LogP contribution < -0.4 is 5.32 Å². The molecule has 0 spiro atoms. The summed E-state index contributed by atoms with van der Waals surface area (Å²) in [7, 11) is 0. The number of para-hydroxylation sites is 2. The van der Waals surface area contributed by atoms with E-state index in [9.17, 15) is 14.7 Å². The van der Waals surface area contributed by atoms with Gasteiger partial charge >= 0.3 is 0 Å². The van der Waals surface area contributed by atoms with Gasteiger partial charge in [0.15, 0.2) is 5.78 Å². The predicted octanol–water partition coefficient (Wildman–Crippen LogP) is 1.92. The Balaban J connectivity index is 2.30. The number of carbonyl (C=O) groups excluding carboxylic acids is 2. The molecule has 0 bridgehead atoms. The van der Waals surface area contributed by atoms with E-state index in [0.717, 1.165) is 11.8 Å². The number of carbonyl (C=O) groups is 2. The number of Topliss-reactive ketones (excluding diaryl/α,β-unsaturated/α-hetero) is 1. The number of allylic oxidation sites excluding steroid dienone is 1. The topological polar surface area (TPSA) is 66.4 Å². The zero-order chi connectivity index (χ0) is 12.4. The lowest BCUT2D eigenvalue weighted by Gasteiger charge is -2.09. The van der Waals surface area contributed by atoms with Crippen molar-refractivity contribution < 1.29 is 14.7 Å². The molecule has 17 heavy (non-hydrogen) atoms. The second-order valence-corrected chi connectivity index (χ2v) is 4.59. The summed E-state index contributed by atoms with van der Waals surface area (Å²) in [4.78, 5) is 23.0. The van der Waals surface area contributed by atoms with E-state index in [4.69, 9.17) is 0 Å². The Hall–Kier alpha value is -1.75. The zero-order valence-electron chi connectivity index (χ0n) is 9.19. The van der Waals surface area contributed by atoms with Crippen molar-refractivity contribution in [2.45, 2.75) is 6.92 Å². The maximum absolute atomic E-state index is 11.5. The summed E-state index contributed by atoms with van der Waals surface area (Å²) in [6.45, 7) is 1.66. The monoisotopic (exact) mass is 249 g/mol.